The number of ether oxygens (including phenoxy) is 1. The van der Waals surface area contributed by atoms with Crippen LogP contribution in [0.25, 0.3) is 5.69 Å². The van der Waals surface area contributed by atoms with E-state index in [2.05, 4.69) is 25.2 Å². The molecule has 1 saturated heterocycles. The molecule has 1 aliphatic heterocycles. The van der Waals surface area contributed by atoms with E-state index in [1.54, 1.807) is 11.8 Å². The number of para-hydroxylation sites is 2. The summed E-state index contributed by atoms with van der Waals surface area (Å²) < 4.78 is 7.29. The first kappa shape index (κ1) is 25.7. The van der Waals surface area contributed by atoms with E-state index in [9.17, 15) is 4.79 Å². The minimum Gasteiger partial charge on any atom is -0.495 e. The number of hydrogen-bond donors (Lipinski definition) is 0. The lowest BCUT2D eigenvalue weighted by Crippen LogP contribution is -2.49. The molecule has 5 rings (SSSR count). The second kappa shape index (κ2) is 11.2. The SMILES string of the molecule is COc1ccccc1N1CCN(C(=O)c2nnn(-c3ccc(C)cc3)c2CSc2nc(C)cc(C)n2)CC1. The van der Waals surface area contributed by atoms with Crippen LogP contribution < -0.4 is 9.64 Å². The van der Waals surface area contributed by atoms with E-state index in [1.807, 2.05) is 80.3 Å². The lowest BCUT2D eigenvalue weighted by atomic mass is 10.2. The van der Waals surface area contributed by atoms with Crippen molar-refractivity contribution in [3.05, 3.63) is 82.9 Å². The van der Waals surface area contributed by atoms with Crippen molar-refractivity contribution in [2.75, 3.05) is 38.2 Å². The molecule has 1 aliphatic rings. The van der Waals surface area contributed by atoms with E-state index < -0.39 is 0 Å². The highest BCUT2D eigenvalue weighted by atomic mass is 32.2. The van der Waals surface area contributed by atoms with Crippen molar-refractivity contribution in [3.63, 3.8) is 0 Å². The van der Waals surface area contributed by atoms with Crippen molar-refractivity contribution >= 4 is 23.4 Å². The first-order valence-electron chi connectivity index (χ1n) is 12.6. The van der Waals surface area contributed by atoms with Gasteiger partial charge in [0.1, 0.15) is 5.75 Å². The van der Waals surface area contributed by atoms with Crippen molar-refractivity contribution in [2.45, 2.75) is 31.7 Å². The fourth-order valence-electron chi connectivity index (χ4n) is 4.57. The third kappa shape index (κ3) is 5.50. The molecule has 0 aliphatic carbocycles. The molecule has 38 heavy (non-hydrogen) atoms. The van der Waals surface area contributed by atoms with E-state index >= 15 is 0 Å². The topological polar surface area (TPSA) is 89.3 Å². The van der Waals surface area contributed by atoms with Gasteiger partial charge in [0.15, 0.2) is 10.9 Å². The first-order chi connectivity index (χ1) is 18.4. The molecule has 2 aromatic carbocycles. The maximum Gasteiger partial charge on any atom is 0.276 e. The van der Waals surface area contributed by atoms with Gasteiger partial charge in [-0.15, -0.1) is 5.10 Å². The molecule has 0 saturated carbocycles. The van der Waals surface area contributed by atoms with Crippen molar-refractivity contribution in [2.24, 2.45) is 0 Å². The summed E-state index contributed by atoms with van der Waals surface area (Å²) in [7, 11) is 1.68. The highest BCUT2D eigenvalue weighted by Crippen LogP contribution is 2.29. The van der Waals surface area contributed by atoms with Gasteiger partial charge in [0.2, 0.25) is 0 Å². The van der Waals surface area contributed by atoms with Crippen LogP contribution in [-0.2, 0) is 5.75 Å². The molecule has 2 aromatic heterocycles. The lowest BCUT2D eigenvalue weighted by molar-refractivity contribution is 0.0740. The minimum absolute atomic E-state index is 0.111. The predicted octanol–water partition coefficient (Wildman–Crippen LogP) is 4.25. The Morgan fingerprint density at radius 3 is 2.32 bits per heavy atom. The number of aryl methyl sites for hydroxylation is 3. The summed E-state index contributed by atoms with van der Waals surface area (Å²) in [4.78, 5) is 26.9. The zero-order valence-electron chi connectivity index (χ0n) is 22.1. The van der Waals surface area contributed by atoms with Crippen LogP contribution in [0.1, 0.15) is 33.1 Å². The maximum absolute atomic E-state index is 13.7. The molecule has 1 amide bonds. The number of benzene rings is 2. The molecule has 0 spiro atoms. The van der Waals surface area contributed by atoms with Crippen molar-refractivity contribution in [1.29, 1.82) is 0 Å². The van der Waals surface area contributed by atoms with E-state index in [0.29, 0.717) is 42.8 Å². The molecular weight excluding hydrogens is 498 g/mol. The van der Waals surface area contributed by atoms with Gasteiger partial charge in [-0.2, -0.15) is 0 Å². The third-order valence-corrected chi connectivity index (χ3v) is 7.40. The van der Waals surface area contributed by atoms with E-state index in [1.165, 1.54) is 11.8 Å². The standard InChI is InChI=1S/C28H31N7O2S/c1-19-9-11-22(12-10-19)35-24(18-38-28-29-20(2)17-21(3)30-28)26(31-32-35)27(36)34-15-13-33(14-16-34)23-7-5-6-8-25(23)37-4/h5-12,17H,13-16,18H2,1-4H3. The Morgan fingerprint density at radius 1 is 0.947 bits per heavy atom. The van der Waals surface area contributed by atoms with Gasteiger partial charge < -0.3 is 14.5 Å². The molecule has 0 N–H and O–H groups in total. The number of piperazine rings is 1. The fraction of sp³-hybridized carbons (Fsp3) is 0.321. The number of anilines is 1. The Bertz CT molecular complexity index is 1410. The average Bonchev–Trinajstić information content (AvgIpc) is 3.35. The summed E-state index contributed by atoms with van der Waals surface area (Å²) in [6, 6.07) is 18.0. The van der Waals surface area contributed by atoms with Crippen LogP contribution in [0.4, 0.5) is 5.69 Å². The average molecular weight is 530 g/mol. The predicted molar refractivity (Wildman–Crippen MR) is 148 cm³/mol. The van der Waals surface area contributed by atoms with Crippen LogP contribution in [-0.4, -0.2) is 69.1 Å². The van der Waals surface area contributed by atoms with Gasteiger partial charge in [0, 0.05) is 43.3 Å². The lowest BCUT2D eigenvalue weighted by Gasteiger charge is -2.36. The van der Waals surface area contributed by atoms with Crippen molar-refractivity contribution in [3.8, 4) is 11.4 Å². The Labute approximate surface area is 226 Å². The van der Waals surface area contributed by atoms with E-state index in [0.717, 1.165) is 39.8 Å². The molecule has 1 fully saturated rings. The molecular formula is C28H31N7O2S. The first-order valence-corrected chi connectivity index (χ1v) is 13.6. The van der Waals surface area contributed by atoms with Crippen LogP contribution >= 0.6 is 11.8 Å². The monoisotopic (exact) mass is 529 g/mol. The second-order valence-corrected chi connectivity index (χ2v) is 10.2. The summed E-state index contributed by atoms with van der Waals surface area (Å²) in [5.74, 6) is 1.19. The number of carbonyl (C=O) groups is 1. The van der Waals surface area contributed by atoms with Crippen LogP contribution in [0.3, 0.4) is 0 Å². The number of methoxy groups -OCH3 is 1. The number of amides is 1. The molecule has 10 heteroatoms. The van der Waals surface area contributed by atoms with E-state index in [-0.39, 0.29) is 5.91 Å². The van der Waals surface area contributed by atoms with Crippen LogP contribution in [0, 0.1) is 20.8 Å². The van der Waals surface area contributed by atoms with Gasteiger partial charge in [-0.1, -0.05) is 46.8 Å². The summed E-state index contributed by atoms with van der Waals surface area (Å²) in [5.41, 5.74) is 5.98. The highest BCUT2D eigenvalue weighted by Gasteiger charge is 2.29. The second-order valence-electron chi connectivity index (χ2n) is 9.31. The quantitative estimate of drug-likeness (QED) is 0.259. The summed E-state index contributed by atoms with van der Waals surface area (Å²) in [5, 5.41) is 9.45. The molecule has 0 atom stereocenters. The van der Waals surface area contributed by atoms with Gasteiger partial charge in [-0.05, 0) is 51.1 Å². The fourth-order valence-corrected chi connectivity index (χ4v) is 5.51. The smallest absolute Gasteiger partial charge is 0.276 e. The normalized spacial score (nSPS) is 13.6. The van der Waals surface area contributed by atoms with Crippen LogP contribution in [0.2, 0.25) is 0 Å². The molecule has 0 bridgehead atoms. The molecule has 4 aromatic rings. The molecule has 0 radical (unpaired) electrons. The third-order valence-electron chi connectivity index (χ3n) is 6.54. The summed E-state index contributed by atoms with van der Waals surface area (Å²) in [6.45, 7) is 8.53. The zero-order valence-corrected chi connectivity index (χ0v) is 22.9. The Balaban J connectivity index is 1.38. The zero-order chi connectivity index (χ0) is 26.6. The summed E-state index contributed by atoms with van der Waals surface area (Å²) in [6.07, 6.45) is 0. The molecule has 0 unspecified atom stereocenters. The number of hydrogen-bond acceptors (Lipinski definition) is 8. The van der Waals surface area contributed by atoms with Crippen LogP contribution in [0.15, 0.2) is 59.8 Å². The Morgan fingerprint density at radius 2 is 1.63 bits per heavy atom. The number of thioether (sulfide) groups is 1. The van der Waals surface area contributed by atoms with E-state index in [4.69, 9.17) is 4.74 Å². The van der Waals surface area contributed by atoms with Gasteiger partial charge >= 0.3 is 0 Å². The van der Waals surface area contributed by atoms with Gasteiger partial charge in [0.25, 0.3) is 5.91 Å². The number of carbonyl (C=O) groups excluding carboxylic acids is 1. The van der Waals surface area contributed by atoms with Gasteiger partial charge in [0.05, 0.1) is 24.2 Å². The molecule has 9 nitrogen and oxygen atoms in total. The maximum atomic E-state index is 13.7. The minimum atomic E-state index is -0.111. The van der Waals surface area contributed by atoms with Gasteiger partial charge in [-0.25, -0.2) is 14.6 Å². The highest BCUT2D eigenvalue weighted by molar-refractivity contribution is 7.98. The summed E-state index contributed by atoms with van der Waals surface area (Å²) >= 11 is 1.48. The van der Waals surface area contributed by atoms with Crippen molar-refractivity contribution in [1.82, 2.24) is 29.9 Å². The van der Waals surface area contributed by atoms with Crippen molar-refractivity contribution < 1.29 is 9.53 Å². The Kier molecular flexibility index (Phi) is 7.59. The number of aromatic nitrogens is 5. The Hall–Kier alpha value is -3.92. The number of rotatable bonds is 7. The molecule has 3 heterocycles. The largest absolute Gasteiger partial charge is 0.495 e. The van der Waals surface area contributed by atoms with Crippen LogP contribution in [0.5, 0.6) is 5.75 Å². The van der Waals surface area contributed by atoms with Gasteiger partial charge in [-0.3, -0.25) is 4.79 Å². The number of nitrogens with zero attached hydrogens (tertiary/aromatic N) is 7. The molecule has 196 valence electrons.